The molecule has 37 heavy (non-hydrogen) atoms. The molecule has 0 aromatic heterocycles. The molecule has 196 valence electrons. The van der Waals surface area contributed by atoms with Crippen LogP contribution in [0.5, 0.6) is 0 Å². The van der Waals surface area contributed by atoms with Crippen molar-refractivity contribution in [1.82, 2.24) is 10.2 Å². The van der Waals surface area contributed by atoms with Crippen molar-refractivity contribution >= 4 is 43.5 Å². The Morgan fingerprint density at radius 3 is 1.95 bits per heavy atom. The van der Waals surface area contributed by atoms with E-state index in [1.54, 1.807) is 36.4 Å². The number of hydrogen-bond acceptors (Lipinski definition) is 4. The van der Waals surface area contributed by atoms with Crippen molar-refractivity contribution < 1.29 is 18.0 Å². The van der Waals surface area contributed by atoms with Gasteiger partial charge in [-0.05, 0) is 62.2 Å². The third kappa shape index (κ3) is 6.99. The average Bonchev–Trinajstić information content (AvgIpc) is 2.88. The summed E-state index contributed by atoms with van der Waals surface area (Å²) in [5.74, 6) is -0.783. The summed E-state index contributed by atoms with van der Waals surface area (Å²) in [6.45, 7) is 5.38. The summed E-state index contributed by atoms with van der Waals surface area (Å²) in [5, 5.41) is 2.63. The minimum atomic E-state index is -4.08. The molecule has 0 saturated heterocycles. The number of aryl methyl sites for hydroxylation is 2. The predicted octanol–water partition coefficient (Wildman–Crippen LogP) is 4.81. The highest BCUT2D eigenvalue weighted by atomic mass is 79.9. The van der Waals surface area contributed by atoms with Crippen molar-refractivity contribution in [3.8, 4) is 0 Å². The Hall–Kier alpha value is -3.17. The van der Waals surface area contributed by atoms with Crippen LogP contribution in [0, 0.1) is 13.8 Å². The molecular formula is C28H32BrN3O4S. The lowest BCUT2D eigenvalue weighted by molar-refractivity contribution is -0.140. The second-order valence-corrected chi connectivity index (χ2v) is 11.6. The van der Waals surface area contributed by atoms with Crippen molar-refractivity contribution in [2.24, 2.45) is 0 Å². The standard InChI is InChI=1S/C28H32BrN3O4S/c1-5-26(28(34)30-4)31(18-22-10-6-20(2)7-11-22)27(33)19-32(24-14-12-23(29)13-15-24)37(35,36)25-16-8-21(3)9-17-25/h6-17,26H,5,18-19H2,1-4H3,(H,30,34). The Kier molecular flexibility index (Phi) is 9.50. The molecule has 0 radical (unpaired) electrons. The molecule has 0 heterocycles. The lowest BCUT2D eigenvalue weighted by atomic mass is 10.1. The van der Waals surface area contributed by atoms with E-state index in [9.17, 15) is 18.0 Å². The number of anilines is 1. The molecule has 0 spiro atoms. The molecule has 2 amide bonds. The zero-order valence-corrected chi connectivity index (χ0v) is 23.8. The summed E-state index contributed by atoms with van der Waals surface area (Å²) < 4.78 is 29.4. The monoisotopic (exact) mass is 585 g/mol. The van der Waals surface area contributed by atoms with Crippen molar-refractivity contribution in [1.29, 1.82) is 0 Å². The quantitative estimate of drug-likeness (QED) is 0.370. The number of halogens is 1. The van der Waals surface area contributed by atoms with Gasteiger partial charge in [0, 0.05) is 18.1 Å². The Morgan fingerprint density at radius 2 is 1.43 bits per heavy atom. The molecule has 0 saturated carbocycles. The lowest BCUT2D eigenvalue weighted by Gasteiger charge is -2.33. The Bertz CT molecular complexity index is 1330. The van der Waals surface area contributed by atoms with E-state index in [2.05, 4.69) is 21.2 Å². The molecule has 1 atom stereocenters. The molecule has 0 fully saturated rings. The molecule has 0 bridgehead atoms. The molecule has 1 unspecified atom stereocenters. The van der Waals surface area contributed by atoms with E-state index in [4.69, 9.17) is 0 Å². The third-order valence-corrected chi connectivity index (χ3v) is 8.43. The Balaban J connectivity index is 2.04. The van der Waals surface area contributed by atoms with Crippen LogP contribution in [-0.2, 0) is 26.2 Å². The summed E-state index contributed by atoms with van der Waals surface area (Å²) in [6.07, 6.45) is 0.375. The number of sulfonamides is 1. The van der Waals surface area contributed by atoms with Gasteiger partial charge in [-0.1, -0.05) is 70.4 Å². The summed E-state index contributed by atoms with van der Waals surface area (Å²) >= 11 is 3.38. The van der Waals surface area contributed by atoms with Gasteiger partial charge in [0.15, 0.2) is 0 Å². The second kappa shape index (κ2) is 12.4. The predicted molar refractivity (Wildman–Crippen MR) is 150 cm³/mol. The molecule has 7 nitrogen and oxygen atoms in total. The Labute approximate surface area is 227 Å². The van der Waals surface area contributed by atoms with Gasteiger partial charge in [-0.25, -0.2) is 8.42 Å². The van der Waals surface area contributed by atoms with Gasteiger partial charge in [0.05, 0.1) is 10.6 Å². The Morgan fingerprint density at radius 1 is 0.892 bits per heavy atom. The summed E-state index contributed by atoms with van der Waals surface area (Å²) in [7, 11) is -2.56. The maximum Gasteiger partial charge on any atom is 0.264 e. The van der Waals surface area contributed by atoms with E-state index in [0.717, 1.165) is 25.5 Å². The van der Waals surface area contributed by atoms with Gasteiger partial charge in [0.2, 0.25) is 11.8 Å². The fourth-order valence-corrected chi connectivity index (χ4v) is 5.63. The SMILES string of the molecule is CCC(C(=O)NC)N(Cc1ccc(C)cc1)C(=O)CN(c1ccc(Br)cc1)S(=O)(=O)c1ccc(C)cc1. The molecule has 3 aromatic rings. The van der Waals surface area contributed by atoms with Gasteiger partial charge < -0.3 is 10.2 Å². The van der Waals surface area contributed by atoms with Crippen molar-refractivity contribution in [3.05, 3.63) is 94.0 Å². The highest BCUT2D eigenvalue weighted by molar-refractivity contribution is 9.10. The number of carbonyl (C=O) groups is 2. The van der Waals surface area contributed by atoms with Crippen LogP contribution in [0.2, 0.25) is 0 Å². The van der Waals surface area contributed by atoms with Crippen molar-refractivity contribution in [2.45, 2.75) is 44.7 Å². The first-order chi connectivity index (χ1) is 17.6. The van der Waals surface area contributed by atoms with E-state index in [1.807, 2.05) is 45.0 Å². The second-order valence-electron chi connectivity index (χ2n) is 8.85. The lowest BCUT2D eigenvalue weighted by Crippen LogP contribution is -2.51. The first-order valence-electron chi connectivity index (χ1n) is 12.0. The molecule has 0 aliphatic carbocycles. The molecule has 9 heteroatoms. The van der Waals surface area contributed by atoms with E-state index in [0.29, 0.717) is 12.1 Å². The minimum absolute atomic E-state index is 0.0808. The maximum atomic E-state index is 13.8. The number of amides is 2. The average molecular weight is 587 g/mol. The number of carbonyl (C=O) groups excluding carboxylic acids is 2. The van der Waals surface area contributed by atoms with Gasteiger partial charge >= 0.3 is 0 Å². The van der Waals surface area contributed by atoms with Crippen LogP contribution in [-0.4, -0.2) is 44.8 Å². The topological polar surface area (TPSA) is 86.8 Å². The number of rotatable bonds is 10. The minimum Gasteiger partial charge on any atom is -0.357 e. The number of likely N-dealkylation sites (N-methyl/N-ethyl adjacent to an activating group) is 1. The fourth-order valence-electron chi connectivity index (χ4n) is 3.95. The third-order valence-electron chi connectivity index (χ3n) is 6.11. The van der Waals surface area contributed by atoms with E-state index < -0.39 is 28.5 Å². The summed E-state index contributed by atoms with van der Waals surface area (Å²) in [5.41, 5.74) is 3.19. The normalized spacial score (nSPS) is 12.0. The first-order valence-corrected chi connectivity index (χ1v) is 14.2. The van der Waals surface area contributed by atoms with E-state index in [1.165, 1.54) is 24.1 Å². The van der Waals surface area contributed by atoms with Gasteiger partial charge in [-0.2, -0.15) is 0 Å². The number of nitrogens with zero attached hydrogens (tertiary/aromatic N) is 2. The molecular weight excluding hydrogens is 554 g/mol. The highest BCUT2D eigenvalue weighted by Crippen LogP contribution is 2.26. The van der Waals surface area contributed by atoms with Crippen LogP contribution in [0.1, 0.15) is 30.0 Å². The first kappa shape index (κ1) is 28.4. The van der Waals surface area contributed by atoms with Gasteiger partial charge in [-0.3, -0.25) is 13.9 Å². The van der Waals surface area contributed by atoms with Crippen LogP contribution in [0.4, 0.5) is 5.69 Å². The maximum absolute atomic E-state index is 13.8. The largest absolute Gasteiger partial charge is 0.357 e. The van der Waals surface area contributed by atoms with E-state index in [-0.39, 0.29) is 17.3 Å². The molecule has 0 aliphatic rings. The van der Waals surface area contributed by atoms with Crippen molar-refractivity contribution in [2.75, 3.05) is 17.9 Å². The van der Waals surface area contributed by atoms with Crippen LogP contribution in [0.15, 0.2) is 82.2 Å². The zero-order valence-electron chi connectivity index (χ0n) is 21.4. The number of hydrogen-bond donors (Lipinski definition) is 1. The zero-order chi connectivity index (χ0) is 27.2. The number of benzene rings is 3. The molecule has 3 rings (SSSR count). The van der Waals surface area contributed by atoms with Gasteiger partial charge in [0.1, 0.15) is 12.6 Å². The smallest absolute Gasteiger partial charge is 0.264 e. The molecule has 3 aromatic carbocycles. The van der Waals surface area contributed by atoms with Crippen molar-refractivity contribution in [3.63, 3.8) is 0 Å². The van der Waals surface area contributed by atoms with Crippen LogP contribution < -0.4 is 9.62 Å². The van der Waals surface area contributed by atoms with Gasteiger partial charge in [0.25, 0.3) is 10.0 Å². The molecule has 0 aliphatic heterocycles. The van der Waals surface area contributed by atoms with Gasteiger partial charge in [-0.15, -0.1) is 0 Å². The summed E-state index contributed by atoms with van der Waals surface area (Å²) in [6, 6.07) is 20.2. The number of nitrogens with one attached hydrogen (secondary N) is 1. The fraction of sp³-hybridized carbons (Fsp3) is 0.286. The summed E-state index contributed by atoms with van der Waals surface area (Å²) in [4.78, 5) is 28.1. The highest BCUT2D eigenvalue weighted by Gasteiger charge is 2.33. The van der Waals surface area contributed by atoms with E-state index >= 15 is 0 Å². The van der Waals surface area contributed by atoms with Crippen LogP contribution in [0.3, 0.4) is 0 Å². The van der Waals surface area contributed by atoms with Crippen LogP contribution in [0.25, 0.3) is 0 Å². The van der Waals surface area contributed by atoms with Crippen LogP contribution >= 0.6 is 15.9 Å². The molecule has 1 N–H and O–H groups in total.